The molecule has 298 valence electrons. The topological polar surface area (TPSA) is 281 Å². The van der Waals surface area contributed by atoms with Crippen molar-refractivity contribution in [3.05, 3.63) is 0 Å². The lowest BCUT2D eigenvalue weighted by atomic mass is 10.2. The minimum Gasteiger partial charge on any atom is -0.480 e. The standard InChI is InChI=1S/C12H22N2O5.C10H20N2O3.C7H14N2O3.C2H4O3/c1-12(2,3)19-11(17)14-4-5-18-9(7-14)6-13-10(16)8-15;1-10(2,3)15-9(13)12-4-5-14-8(6-11)7-12;10-5-7(11)9-4-6-3-8-1-2-12-6;3-1-2(4)5/h9,15H,4-8H2,1-3H3,(H,13,16);8H,4-7,11H2,1-3H3;6,8,10H,1-5H2,(H,9,11);3H,1H2,(H,4,5)/t9-;8-;6-;/m110./s1. The predicted octanol–water partition coefficient (Wildman–Crippen LogP) is -2.54. The lowest BCUT2D eigenvalue weighted by Crippen LogP contribution is -2.51. The van der Waals surface area contributed by atoms with Gasteiger partial charge in [-0.3, -0.25) is 9.59 Å². The lowest BCUT2D eigenvalue weighted by Gasteiger charge is -2.34. The molecule has 20 nitrogen and oxygen atoms in total. The molecular formula is C31H60N6O14. The van der Waals surface area contributed by atoms with Gasteiger partial charge in [0.05, 0.1) is 51.2 Å². The Bertz CT molecular complexity index is 1030. The van der Waals surface area contributed by atoms with Crippen LogP contribution in [0.5, 0.6) is 0 Å². The summed E-state index contributed by atoms with van der Waals surface area (Å²) < 4.78 is 26.7. The van der Waals surface area contributed by atoms with Gasteiger partial charge in [0, 0.05) is 45.8 Å². The molecule has 0 unspecified atom stereocenters. The maximum atomic E-state index is 11.9. The highest BCUT2D eigenvalue weighted by Gasteiger charge is 2.29. The molecule has 0 aromatic heterocycles. The third-order valence-corrected chi connectivity index (χ3v) is 6.32. The Labute approximate surface area is 299 Å². The number of aliphatic carboxylic acids is 1. The van der Waals surface area contributed by atoms with E-state index in [1.807, 2.05) is 41.5 Å². The van der Waals surface area contributed by atoms with Gasteiger partial charge in [-0.2, -0.15) is 0 Å². The van der Waals surface area contributed by atoms with E-state index in [0.717, 1.165) is 13.1 Å². The first-order chi connectivity index (χ1) is 23.8. The first kappa shape index (κ1) is 47.6. The molecule has 3 aliphatic heterocycles. The number of rotatable bonds is 8. The highest BCUT2D eigenvalue weighted by atomic mass is 16.6. The summed E-state index contributed by atoms with van der Waals surface area (Å²) in [4.78, 5) is 57.4. The molecule has 9 N–H and O–H groups in total. The number of carboxylic acids is 1. The Hall–Kier alpha value is -3.37. The second-order valence-corrected chi connectivity index (χ2v) is 13.2. The third kappa shape index (κ3) is 25.3. The SMILES string of the molecule is CC(C)(C)OC(=O)N1CCO[C@H](CN)C1.CC(C)(C)OC(=O)N1CCO[C@H](CNC(=O)CO)C1.O=C(CO)NC[C@@H]1CNCCO1.O=C(O)CO. The van der Waals surface area contributed by atoms with Crippen molar-refractivity contribution in [3.8, 4) is 0 Å². The average Bonchev–Trinajstić information content (AvgIpc) is 3.09. The van der Waals surface area contributed by atoms with Crippen molar-refractivity contribution >= 4 is 30.0 Å². The highest BCUT2D eigenvalue weighted by molar-refractivity contribution is 5.77. The number of nitrogens with two attached hydrogens (primary N) is 1. The van der Waals surface area contributed by atoms with Crippen molar-refractivity contribution in [3.63, 3.8) is 0 Å². The zero-order valence-electron chi connectivity index (χ0n) is 30.7. The van der Waals surface area contributed by atoms with Crippen molar-refractivity contribution in [2.75, 3.05) is 98.5 Å². The fourth-order valence-electron chi connectivity index (χ4n) is 4.01. The average molecular weight is 741 g/mol. The van der Waals surface area contributed by atoms with Crippen molar-refractivity contribution in [2.24, 2.45) is 5.73 Å². The maximum Gasteiger partial charge on any atom is 0.410 e. The predicted molar refractivity (Wildman–Crippen MR) is 182 cm³/mol. The van der Waals surface area contributed by atoms with Crippen molar-refractivity contribution in [1.82, 2.24) is 25.8 Å². The van der Waals surface area contributed by atoms with Crippen LogP contribution in [0.2, 0.25) is 0 Å². The summed E-state index contributed by atoms with van der Waals surface area (Å²) >= 11 is 0. The first-order valence-corrected chi connectivity index (χ1v) is 16.6. The van der Waals surface area contributed by atoms with Crippen LogP contribution in [-0.4, -0.2) is 188 Å². The fourth-order valence-corrected chi connectivity index (χ4v) is 4.01. The third-order valence-electron chi connectivity index (χ3n) is 6.32. The van der Waals surface area contributed by atoms with Gasteiger partial charge in [0.1, 0.15) is 31.0 Å². The quantitative estimate of drug-likeness (QED) is 0.127. The van der Waals surface area contributed by atoms with Crippen LogP contribution < -0.4 is 21.7 Å². The molecule has 0 bridgehead atoms. The van der Waals surface area contributed by atoms with E-state index < -0.39 is 42.9 Å². The molecule has 3 saturated heterocycles. The van der Waals surface area contributed by atoms with Gasteiger partial charge in [0.15, 0.2) is 0 Å². The van der Waals surface area contributed by atoms with Gasteiger partial charge in [-0.1, -0.05) is 0 Å². The van der Waals surface area contributed by atoms with Gasteiger partial charge >= 0.3 is 18.2 Å². The smallest absolute Gasteiger partial charge is 0.410 e. The fraction of sp³-hybridized carbons (Fsp3) is 0.839. The lowest BCUT2D eigenvalue weighted by molar-refractivity contribution is -0.140. The zero-order chi connectivity index (χ0) is 39.0. The second kappa shape index (κ2) is 25.6. The minimum absolute atomic E-state index is 0.0363. The largest absolute Gasteiger partial charge is 0.480 e. The molecule has 4 amide bonds. The summed E-state index contributed by atoms with van der Waals surface area (Å²) in [6.45, 7) is 15.5. The van der Waals surface area contributed by atoms with Gasteiger partial charge < -0.3 is 75.6 Å². The van der Waals surface area contributed by atoms with Crippen molar-refractivity contribution in [1.29, 1.82) is 0 Å². The van der Waals surface area contributed by atoms with Crippen LogP contribution in [0.3, 0.4) is 0 Å². The normalized spacial score (nSPS) is 20.4. The van der Waals surface area contributed by atoms with E-state index in [-0.39, 0.29) is 43.0 Å². The number of carbonyl (C=O) groups is 5. The summed E-state index contributed by atoms with van der Waals surface area (Å²) in [6, 6.07) is 0. The summed E-state index contributed by atoms with van der Waals surface area (Å²) in [6.07, 6.45) is -0.976. The van der Waals surface area contributed by atoms with Crippen molar-refractivity contribution in [2.45, 2.75) is 71.1 Å². The van der Waals surface area contributed by atoms with Gasteiger partial charge in [0.25, 0.3) is 0 Å². The molecule has 0 aromatic rings. The number of amides is 4. The summed E-state index contributed by atoms with van der Waals surface area (Å²) in [5.74, 6) is -2.01. The second-order valence-electron chi connectivity index (χ2n) is 13.2. The van der Waals surface area contributed by atoms with Crippen LogP contribution in [0.1, 0.15) is 41.5 Å². The van der Waals surface area contributed by atoms with Gasteiger partial charge in [0.2, 0.25) is 11.8 Å². The Morgan fingerprint density at radius 3 is 1.51 bits per heavy atom. The van der Waals surface area contributed by atoms with E-state index in [2.05, 4.69) is 16.0 Å². The Morgan fingerprint density at radius 1 is 0.725 bits per heavy atom. The highest BCUT2D eigenvalue weighted by Crippen LogP contribution is 2.14. The number of hydrogen-bond acceptors (Lipinski definition) is 15. The molecule has 3 rings (SSSR count). The number of carbonyl (C=O) groups excluding carboxylic acids is 4. The van der Waals surface area contributed by atoms with E-state index in [0.29, 0.717) is 59.1 Å². The monoisotopic (exact) mass is 740 g/mol. The number of nitrogens with zero attached hydrogens (tertiary/aromatic N) is 2. The molecule has 3 fully saturated rings. The van der Waals surface area contributed by atoms with E-state index in [1.165, 1.54) is 0 Å². The van der Waals surface area contributed by atoms with E-state index in [9.17, 15) is 19.2 Å². The van der Waals surface area contributed by atoms with E-state index in [1.54, 1.807) is 9.80 Å². The maximum absolute atomic E-state index is 11.9. The molecular weight excluding hydrogens is 680 g/mol. The van der Waals surface area contributed by atoms with Gasteiger partial charge in [-0.05, 0) is 41.5 Å². The van der Waals surface area contributed by atoms with E-state index in [4.69, 9.17) is 54.6 Å². The molecule has 3 heterocycles. The number of nitrogens with one attached hydrogen (secondary N) is 3. The molecule has 20 heteroatoms. The number of carboxylic acid groups (broad SMARTS) is 1. The molecule has 0 saturated carbocycles. The van der Waals surface area contributed by atoms with E-state index >= 15 is 0 Å². The van der Waals surface area contributed by atoms with Crippen LogP contribution in [0, 0.1) is 0 Å². The van der Waals surface area contributed by atoms with Crippen LogP contribution in [-0.2, 0) is 38.1 Å². The molecule has 0 radical (unpaired) electrons. The molecule has 0 aromatic carbocycles. The summed E-state index contributed by atoms with van der Waals surface area (Å²) in [5.41, 5.74) is 4.51. The summed E-state index contributed by atoms with van der Waals surface area (Å²) in [7, 11) is 0. The van der Waals surface area contributed by atoms with Crippen molar-refractivity contribution < 1.29 is 68.1 Å². The number of aliphatic hydroxyl groups excluding tert-OH is 3. The van der Waals surface area contributed by atoms with Crippen LogP contribution in [0.25, 0.3) is 0 Å². The Morgan fingerprint density at radius 2 is 1.14 bits per heavy atom. The van der Waals surface area contributed by atoms with Crippen LogP contribution in [0.4, 0.5) is 9.59 Å². The molecule has 3 atom stereocenters. The van der Waals surface area contributed by atoms with Gasteiger partial charge in [-0.15, -0.1) is 0 Å². The summed E-state index contributed by atoms with van der Waals surface area (Å²) in [5, 5.41) is 40.2. The van der Waals surface area contributed by atoms with Gasteiger partial charge in [-0.25, -0.2) is 14.4 Å². The minimum atomic E-state index is -1.19. The number of morpholine rings is 3. The first-order valence-electron chi connectivity index (χ1n) is 16.6. The molecule has 0 aliphatic carbocycles. The van der Waals surface area contributed by atoms with Crippen LogP contribution in [0.15, 0.2) is 0 Å². The van der Waals surface area contributed by atoms with Crippen LogP contribution >= 0.6 is 0 Å². The molecule has 51 heavy (non-hydrogen) atoms. The molecule has 0 spiro atoms. The number of aliphatic hydroxyl groups is 3. The zero-order valence-corrected chi connectivity index (χ0v) is 30.7. The Kier molecular flexibility index (Phi) is 23.9. The molecule has 3 aliphatic rings. The number of hydrogen-bond donors (Lipinski definition) is 8. The number of ether oxygens (including phenoxy) is 5. The Balaban J connectivity index is 0.000000703.